The van der Waals surface area contributed by atoms with Gasteiger partial charge in [-0.1, -0.05) is 0 Å². The molecule has 3 N–H and O–H groups in total. The molecular formula is C10H12N4OS. The molecule has 0 fully saturated rings. The molecule has 2 rings (SSSR count). The van der Waals surface area contributed by atoms with Gasteiger partial charge in [-0.05, 0) is 26.0 Å². The van der Waals surface area contributed by atoms with Gasteiger partial charge in [0.2, 0.25) is 0 Å². The predicted octanol–water partition coefficient (Wildman–Crippen LogP) is 2.73. The first kappa shape index (κ1) is 10.7. The monoisotopic (exact) mass is 236 g/mol. The van der Waals surface area contributed by atoms with Crippen LogP contribution in [0.3, 0.4) is 0 Å². The standard InChI is InChI=1S/C10H12N4OS/c1-6-3-4-9(16-6)13-10(15)12-8-5-11-14-7(8)2/h3-5H,1-2H3,(H,11,14)(H2,12,13,15). The smallest absolute Gasteiger partial charge is 0.305 e. The maximum Gasteiger partial charge on any atom is 0.324 e. The number of amides is 2. The quantitative estimate of drug-likeness (QED) is 0.750. The maximum absolute atomic E-state index is 11.6. The summed E-state index contributed by atoms with van der Waals surface area (Å²) in [5.41, 5.74) is 1.52. The van der Waals surface area contributed by atoms with Crippen LogP contribution in [-0.4, -0.2) is 16.2 Å². The van der Waals surface area contributed by atoms with E-state index in [0.29, 0.717) is 5.69 Å². The Kier molecular flexibility index (Phi) is 2.91. The molecule has 16 heavy (non-hydrogen) atoms. The Morgan fingerprint density at radius 1 is 1.38 bits per heavy atom. The number of hydrogen-bond acceptors (Lipinski definition) is 3. The Hall–Kier alpha value is -1.82. The fraction of sp³-hybridized carbons (Fsp3) is 0.200. The van der Waals surface area contributed by atoms with Gasteiger partial charge in [-0.25, -0.2) is 4.79 Å². The van der Waals surface area contributed by atoms with Crippen LogP contribution in [0.2, 0.25) is 0 Å². The number of aromatic amines is 1. The van der Waals surface area contributed by atoms with E-state index in [1.807, 2.05) is 26.0 Å². The first-order valence-corrected chi connectivity index (χ1v) is 5.61. The molecule has 0 aliphatic heterocycles. The molecule has 2 aromatic rings. The molecule has 84 valence electrons. The van der Waals surface area contributed by atoms with E-state index >= 15 is 0 Å². The Morgan fingerprint density at radius 3 is 2.75 bits per heavy atom. The van der Waals surface area contributed by atoms with Crippen LogP contribution in [0, 0.1) is 13.8 Å². The third-order valence-corrected chi connectivity index (χ3v) is 2.97. The summed E-state index contributed by atoms with van der Waals surface area (Å²) in [6.07, 6.45) is 1.58. The Balaban J connectivity index is 1.97. The van der Waals surface area contributed by atoms with Crippen LogP contribution < -0.4 is 10.6 Å². The Labute approximate surface area is 96.9 Å². The summed E-state index contributed by atoms with van der Waals surface area (Å²) in [6, 6.07) is 3.58. The lowest BCUT2D eigenvalue weighted by atomic mass is 10.4. The number of carbonyl (C=O) groups is 1. The molecular weight excluding hydrogens is 224 g/mol. The molecule has 6 heteroatoms. The van der Waals surface area contributed by atoms with Crippen LogP contribution in [0.15, 0.2) is 18.3 Å². The van der Waals surface area contributed by atoms with Crippen molar-refractivity contribution >= 4 is 28.1 Å². The average molecular weight is 236 g/mol. The number of rotatable bonds is 2. The molecule has 0 saturated carbocycles. The van der Waals surface area contributed by atoms with Gasteiger partial charge in [0.15, 0.2) is 0 Å². The summed E-state index contributed by atoms with van der Waals surface area (Å²) < 4.78 is 0. The van der Waals surface area contributed by atoms with Gasteiger partial charge in [-0.3, -0.25) is 10.4 Å². The highest BCUT2D eigenvalue weighted by molar-refractivity contribution is 7.16. The van der Waals surface area contributed by atoms with Crippen molar-refractivity contribution in [2.45, 2.75) is 13.8 Å². The number of urea groups is 1. The lowest BCUT2D eigenvalue weighted by Crippen LogP contribution is -2.18. The van der Waals surface area contributed by atoms with Crippen LogP contribution >= 0.6 is 11.3 Å². The largest absolute Gasteiger partial charge is 0.324 e. The topological polar surface area (TPSA) is 69.8 Å². The molecule has 2 amide bonds. The highest BCUT2D eigenvalue weighted by Gasteiger charge is 2.06. The number of nitrogens with zero attached hydrogens (tertiary/aromatic N) is 1. The molecule has 0 saturated heterocycles. The molecule has 0 radical (unpaired) electrons. The number of thiophene rings is 1. The number of anilines is 2. The van der Waals surface area contributed by atoms with Crippen molar-refractivity contribution in [1.82, 2.24) is 10.2 Å². The van der Waals surface area contributed by atoms with Crippen molar-refractivity contribution in [3.05, 3.63) is 28.9 Å². The van der Waals surface area contributed by atoms with Gasteiger partial charge in [-0.2, -0.15) is 5.10 Å². The SMILES string of the molecule is Cc1ccc(NC(=O)Nc2cn[nH]c2C)s1. The predicted molar refractivity (Wildman–Crippen MR) is 65.0 cm³/mol. The summed E-state index contributed by atoms with van der Waals surface area (Å²) in [5.74, 6) is 0. The lowest BCUT2D eigenvalue weighted by molar-refractivity contribution is 0.262. The summed E-state index contributed by atoms with van der Waals surface area (Å²) in [4.78, 5) is 12.7. The molecule has 0 aliphatic carbocycles. The summed E-state index contributed by atoms with van der Waals surface area (Å²) >= 11 is 1.54. The van der Waals surface area contributed by atoms with Gasteiger partial charge in [-0.15, -0.1) is 11.3 Å². The van der Waals surface area contributed by atoms with Crippen LogP contribution in [0.25, 0.3) is 0 Å². The van der Waals surface area contributed by atoms with Crippen LogP contribution in [0.5, 0.6) is 0 Å². The number of aryl methyl sites for hydroxylation is 2. The third-order valence-electron chi connectivity index (χ3n) is 2.06. The van der Waals surface area contributed by atoms with Gasteiger partial charge >= 0.3 is 6.03 Å². The van der Waals surface area contributed by atoms with E-state index in [9.17, 15) is 4.79 Å². The van der Waals surface area contributed by atoms with Crippen molar-refractivity contribution in [3.63, 3.8) is 0 Å². The van der Waals surface area contributed by atoms with Crippen molar-refractivity contribution in [1.29, 1.82) is 0 Å². The van der Waals surface area contributed by atoms with Crippen LogP contribution in [0.1, 0.15) is 10.6 Å². The average Bonchev–Trinajstić information content (AvgIpc) is 2.77. The highest BCUT2D eigenvalue weighted by Crippen LogP contribution is 2.20. The first-order valence-electron chi connectivity index (χ1n) is 4.79. The van der Waals surface area contributed by atoms with Crippen molar-refractivity contribution in [2.75, 3.05) is 10.6 Å². The number of nitrogens with one attached hydrogen (secondary N) is 3. The van der Waals surface area contributed by atoms with Crippen molar-refractivity contribution in [3.8, 4) is 0 Å². The second-order valence-corrected chi connectivity index (χ2v) is 4.69. The highest BCUT2D eigenvalue weighted by atomic mass is 32.1. The normalized spacial score (nSPS) is 10.1. The second-order valence-electron chi connectivity index (χ2n) is 3.40. The molecule has 0 atom stereocenters. The molecule has 2 heterocycles. The van der Waals surface area contributed by atoms with Gasteiger partial charge in [0.25, 0.3) is 0 Å². The molecule has 5 nitrogen and oxygen atoms in total. The molecule has 0 spiro atoms. The minimum atomic E-state index is -0.258. The first-order chi connectivity index (χ1) is 7.65. The minimum absolute atomic E-state index is 0.258. The Bertz CT molecular complexity index is 502. The molecule has 0 bridgehead atoms. The van der Waals surface area contributed by atoms with Crippen LogP contribution in [0.4, 0.5) is 15.5 Å². The van der Waals surface area contributed by atoms with E-state index in [-0.39, 0.29) is 6.03 Å². The second kappa shape index (κ2) is 4.36. The fourth-order valence-electron chi connectivity index (χ4n) is 1.24. The number of carbonyl (C=O) groups excluding carboxylic acids is 1. The Morgan fingerprint density at radius 2 is 2.19 bits per heavy atom. The van der Waals surface area contributed by atoms with E-state index in [0.717, 1.165) is 15.6 Å². The van der Waals surface area contributed by atoms with Gasteiger partial charge in [0.1, 0.15) is 0 Å². The third kappa shape index (κ3) is 2.40. The van der Waals surface area contributed by atoms with Gasteiger partial charge < -0.3 is 5.32 Å². The van der Waals surface area contributed by atoms with Gasteiger partial charge in [0.05, 0.1) is 22.6 Å². The number of H-pyrrole nitrogens is 1. The number of aromatic nitrogens is 2. The summed E-state index contributed by atoms with van der Waals surface area (Å²) in [6.45, 7) is 3.84. The molecule has 0 unspecified atom stereocenters. The minimum Gasteiger partial charge on any atom is -0.305 e. The van der Waals surface area contributed by atoms with Crippen molar-refractivity contribution in [2.24, 2.45) is 0 Å². The number of hydrogen-bond donors (Lipinski definition) is 3. The van der Waals surface area contributed by atoms with E-state index < -0.39 is 0 Å². The van der Waals surface area contributed by atoms with E-state index in [2.05, 4.69) is 20.8 Å². The zero-order valence-electron chi connectivity index (χ0n) is 9.00. The van der Waals surface area contributed by atoms with Gasteiger partial charge in [0, 0.05) is 4.88 Å². The lowest BCUT2D eigenvalue weighted by Gasteiger charge is -2.03. The van der Waals surface area contributed by atoms with Crippen LogP contribution in [-0.2, 0) is 0 Å². The summed E-state index contributed by atoms with van der Waals surface area (Å²) in [5, 5.41) is 12.9. The maximum atomic E-state index is 11.6. The molecule has 0 aromatic carbocycles. The molecule has 2 aromatic heterocycles. The summed E-state index contributed by atoms with van der Waals surface area (Å²) in [7, 11) is 0. The zero-order valence-corrected chi connectivity index (χ0v) is 9.81. The fourth-order valence-corrected chi connectivity index (χ4v) is 2.01. The zero-order chi connectivity index (χ0) is 11.5. The van der Waals surface area contributed by atoms with E-state index in [1.54, 1.807) is 6.20 Å². The van der Waals surface area contributed by atoms with E-state index in [4.69, 9.17) is 0 Å². The van der Waals surface area contributed by atoms with E-state index in [1.165, 1.54) is 11.3 Å². The molecule has 0 aliphatic rings. The van der Waals surface area contributed by atoms with Crippen molar-refractivity contribution < 1.29 is 4.79 Å².